The van der Waals surface area contributed by atoms with Gasteiger partial charge in [-0.15, -0.1) is 0 Å². The Morgan fingerprint density at radius 2 is 1.80 bits per heavy atom. The smallest absolute Gasteiger partial charge is 0.119 e. The van der Waals surface area contributed by atoms with Crippen LogP contribution in [0.1, 0.15) is 44.2 Å². The zero-order chi connectivity index (χ0) is 11.1. The molecule has 1 rings (SSSR count). The van der Waals surface area contributed by atoms with Gasteiger partial charge in [0.05, 0.1) is 7.11 Å². The monoisotopic (exact) mass is 206 g/mol. The predicted octanol–water partition coefficient (Wildman–Crippen LogP) is 3.99. The van der Waals surface area contributed by atoms with Crippen molar-refractivity contribution in [2.45, 2.75) is 46.0 Å². The topological polar surface area (TPSA) is 9.23 Å². The lowest BCUT2D eigenvalue weighted by Crippen LogP contribution is -1.95. The van der Waals surface area contributed by atoms with Crippen LogP contribution in [-0.2, 0) is 12.8 Å². The van der Waals surface area contributed by atoms with Crippen LogP contribution in [0.3, 0.4) is 0 Å². The van der Waals surface area contributed by atoms with E-state index in [0.717, 1.165) is 5.75 Å². The van der Waals surface area contributed by atoms with E-state index in [0.29, 0.717) is 0 Å². The predicted molar refractivity (Wildman–Crippen MR) is 65.6 cm³/mol. The van der Waals surface area contributed by atoms with E-state index in [4.69, 9.17) is 4.74 Å². The van der Waals surface area contributed by atoms with Gasteiger partial charge in [-0.1, -0.05) is 32.8 Å². The van der Waals surface area contributed by atoms with Gasteiger partial charge >= 0.3 is 0 Å². The molecule has 1 heteroatoms. The molecule has 0 spiro atoms. The van der Waals surface area contributed by atoms with E-state index in [1.54, 1.807) is 7.11 Å². The van der Waals surface area contributed by atoms with E-state index in [1.807, 2.05) is 0 Å². The van der Waals surface area contributed by atoms with Crippen molar-refractivity contribution in [3.05, 3.63) is 29.3 Å². The fourth-order valence-corrected chi connectivity index (χ4v) is 1.84. The maximum absolute atomic E-state index is 5.27. The molecule has 0 fully saturated rings. The van der Waals surface area contributed by atoms with Crippen LogP contribution in [0, 0.1) is 0 Å². The molecule has 0 aliphatic carbocycles. The summed E-state index contributed by atoms with van der Waals surface area (Å²) >= 11 is 0. The SMILES string of the molecule is CCCCc1cc(OC)ccc1CCC. The van der Waals surface area contributed by atoms with Gasteiger partial charge in [-0.3, -0.25) is 0 Å². The van der Waals surface area contributed by atoms with Gasteiger partial charge in [0, 0.05) is 0 Å². The molecule has 0 amide bonds. The van der Waals surface area contributed by atoms with Crippen LogP contribution in [0.25, 0.3) is 0 Å². The van der Waals surface area contributed by atoms with E-state index >= 15 is 0 Å². The Morgan fingerprint density at radius 1 is 1.00 bits per heavy atom. The number of unbranched alkanes of at least 4 members (excludes halogenated alkanes) is 1. The van der Waals surface area contributed by atoms with Gasteiger partial charge in [0.15, 0.2) is 0 Å². The van der Waals surface area contributed by atoms with E-state index in [-0.39, 0.29) is 0 Å². The van der Waals surface area contributed by atoms with Crippen LogP contribution in [0.5, 0.6) is 5.75 Å². The van der Waals surface area contributed by atoms with Crippen molar-refractivity contribution in [2.75, 3.05) is 7.11 Å². The third-order valence-corrected chi connectivity index (χ3v) is 2.73. The van der Waals surface area contributed by atoms with Gasteiger partial charge in [0.1, 0.15) is 5.75 Å². The molecule has 0 bridgehead atoms. The fraction of sp³-hybridized carbons (Fsp3) is 0.571. The largest absolute Gasteiger partial charge is 0.497 e. The average molecular weight is 206 g/mol. The number of rotatable bonds is 6. The Hall–Kier alpha value is -0.980. The second-order valence-corrected chi connectivity index (χ2v) is 3.99. The summed E-state index contributed by atoms with van der Waals surface area (Å²) in [5.74, 6) is 0.987. The molecule has 1 aromatic rings. The number of hydrogen-bond acceptors (Lipinski definition) is 1. The third-order valence-electron chi connectivity index (χ3n) is 2.73. The molecule has 0 heterocycles. The molecule has 0 aromatic heterocycles. The van der Waals surface area contributed by atoms with E-state index < -0.39 is 0 Å². The first-order chi connectivity index (χ1) is 7.31. The maximum atomic E-state index is 5.27. The zero-order valence-corrected chi connectivity index (χ0v) is 10.2. The molecule has 0 unspecified atom stereocenters. The van der Waals surface area contributed by atoms with Crippen LogP contribution >= 0.6 is 0 Å². The highest BCUT2D eigenvalue weighted by molar-refractivity contribution is 5.36. The maximum Gasteiger partial charge on any atom is 0.119 e. The number of ether oxygens (including phenoxy) is 1. The van der Waals surface area contributed by atoms with Crippen molar-refractivity contribution in [1.82, 2.24) is 0 Å². The summed E-state index contributed by atoms with van der Waals surface area (Å²) in [5, 5.41) is 0. The minimum absolute atomic E-state index is 0.987. The standard InChI is InChI=1S/C14H22O/c1-4-6-8-13-11-14(15-3)10-9-12(13)7-5-2/h9-11H,4-8H2,1-3H3. The molecule has 0 N–H and O–H groups in total. The minimum Gasteiger partial charge on any atom is -0.497 e. The summed E-state index contributed by atoms with van der Waals surface area (Å²) < 4.78 is 5.27. The fourth-order valence-electron chi connectivity index (χ4n) is 1.84. The van der Waals surface area contributed by atoms with Crippen molar-refractivity contribution in [2.24, 2.45) is 0 Å². The van der Waals surface area contributed by atoms with E-state index in [2.05, 4.69) is 32.0 Å². The summed E-state index contributed by atoms with van der Waals surface area (Å²) in [7, 11) is 1.73. The quantitative estimate of drug-likeness (QED) is 0.684. The highest BCUT2D eigenvalue weighted by Crippen LogP contribution is 2.20. The molecular formula is C14H22O. The molecule has 0 aliphatic rings. The van der Waals surface area contributed by atoms with Crippen molar-refractivity contribution in [1.29, 1.82) is 0 Å². The third kappa shape index (κ3) is 3.58. The second kappa shape index (κ2) is 6.49. The molecule has 0 atom stereocenters. The second-order valence-electron chi connectivity index (χ2n) is 3.99. The number of methoxy groups -OCH3 is 1. The van der Waals surface area contributed by atoms with E-state index in [1.165, 1.54) is 43.2 Å². The molecule has 15 heavy (non-hydrogen) atoms. The Balaban J connectivity index is 2.83. The minimum atomic E-state index is 0.987. The lowest BCUT2D eigenvalue weighted by molar-refractivity contribution is 0.414. The zero-order valence-electron chi connectivity index (χ0n) is 10.2. The highest BCUT2D eigenvalue weighted by Gasteiger charge is 2.03. The van der Waals surface area contributed by atoms with Gasteiger partial charge < -0.3 is 4.74 Å². The molecule has 0 saturated carbocycles. The van der Waals surface area contributed by atoms with Crippen molar-refractivity contribution < 1.29 is 4.74 Å². The first-order valence-corrected chi connectivity index (χ1v) is 5.97. The van der Waals surface area contributed by atoms with Crippen LogP contribution in [0.15, 0.2) is 18.2 Å². The summed E-state index contributed by atoms with van der Waals surface area (Å²) in [6.45, 7) is 4.47. The van der Waals surface area contributed by atoms with Crippen molar-refractivity contribution in [3.8, 4) is 5.75 Å². The Kier molecular flexibility index (Phi) is 5.23. The molecule has 1 aromatic carbocycles. The molecule has 0 radical (unpaired) electrons. The lowest BCUT2D eigenvalue weighted by Gasteiger charge is -2.10. The van der Waals surface area contributed by atoms with Crippen LogP contribution < -0.4 is 4.74 Å². The molecule has 0 saturated heterocycles. The van der Waals surface area contributed by atoms with Gasteiger partial charge in [0.2, 0.25) is 0 Å². The first-order valence-electron chi connectivity index (χ1n) is 5.97. The Morgan fingerprint density at radius 3 is 2.40 bits per heavy atom. The van der Waals surface area contributed by atoms with Gasteiger partial charge in [-0.2, -0.15) is 0 Å². The lowest BCUT2D eigenvalue weighted by atomic mass is 9.98. The number of hydrogen-bond donors (Lipinski definition) is 0. The summed E-state index contributed by atoms with van der Waals surface area (Å²) in [4.78, 5) is 0. The summed E-state index contributed by atoms with van der Waals surface area (Å²) in [6.07, 6.45) is 6.10. The van der Waals surface area contributed by atoms with Gasteiger partial charge in [-0.05, 0) is 42.5 Å². The highest BCUT2D eigenvalue weighted by atomic mass is 16.5. The van der Waals surface area contributed by atoms with E-state index in [9.17, 15) is 0 Å². The number of benzene rings is 1. The summed E-state index contributed by atoms with van der Waals surface area (Å²) in [6, 6.07) is 6.48. The Bertz CT molecular complexity index is 291. The van der Waals surface area contributed by atoms with Crippen LogP contribution in [0.2, 0.25) is 0 Å². The van der Waals surface area contributed by atoms with Gasteiger partial charge in [0.25, 0.3) is 0 Å². The molecule has 1 nitrogen and oxygen atoms in total. The molecule has 0 aliphatic heterocycles. The number of aryl methyl sites for hydroxylation is 2. The average Bonchev–Trinajstić information content (AvgIpc) is 2.28. The first kappa shape index (κ1) is 12.1. The van der Waals surface area contributed by atoms with Crippen LogP contribution in [0.4, 0.5) is 0 Å². The molecular weight excluding hydrogens is 184 g/mol. The normalized spacial score (nSPS) is 10.3. The van der Waals surface area contributed by atoms with Crippen molar-refractivity contribution in [3.63, 3.8) is 0 Å². The Labute approximate surface area is 93.5 Å². The van der Waals surface area contributed by atoms with Crippen molar-refractivity contribution >= 4 is 0 Å². The van der Waals surface area contributed by atoms with Gasteiger partial charge in [-0.25, -0.2) is 0 Å². The summed E-state index contributed by atoms with van der Waals surface area (Å²) in [5.41, 5.74) is 2.96. The van der Waals surface area contributed by atoms with Crippen LogP contribution in [-0.4, -0.2) is 7.11 Å². The molecule has 84 valence electrons.